The largest absolute Gasteiger partial charge is 0.493 e. The maximum Gasteiger partial charge on any atom is 0.234 e. The number of hydrogen-bond acceptors (Lipinski definition) is 4. The third kappa shape index (κ3) is 4.60. The molecular weight excluding hydrogens is 396 g/mol. The van der Waals surface area contributed by atoms with Gasteiger partial charge in [0.25, 0.3) is 0 Å². The molecule has 0 spiro atoms. The molecule has 1 aromatic carbocycles. The first-order chi connectivity index (χ1) is 14.2. The Morgan fingerprint density at radius 2 is 1.97 bits per heavy atom. The van der Waals surface area contributed by atoms with Crippen molar-refractivity contribution >= 4 is 23.4 Å². The zero-order chi connectivity index (χ0) is 20.2. The van der Waals surface area contributed by atoms with Crippen LogP contribution in [0, 0.1) is 24.2 Å². The van der Waals surface area contributed by atoms with Crippen molar-refractivity contribution in [2.75, 3.05) is 6.61 Å². The summed E-state index contributed by atoms with van der Waals surface area (Å²) in [5, 5.41) is 10.3. The number of hydrogen-bond donors (Lipinski definition) is 0. The number of aromatic nitrogens is 3. The zero-order valence-electron chi connectivity index (χ0n) is 17.7. The molecule has 1 aliphatic rings. The van der Waals surface area contributed by atoms with Crippen molar-refractivity contribution in [3.63, 3.8) is 0 Å². The van der Waals surface area contributed by atoms with Gasteiger partial charge in [-0.25, -0.2) is 9.97 Å². The Morgan fingerprint density at radius 1 is 1.17 bits per heavy atom. The summed E-state index contributed by atoms with van der Waals surface area (Å²) in [7, 11) is 0. The first kappa shape index (κ1) is 22.1. The van der Waals surface area contributed by atoms with Gasteiger partial charge >= 0.3 is 0 Å². The molecule has 0 saturated heterocycles. The third-order valence-corrected chi connectivity index (χ3v) is 6.02. The summed E-state index contributed by atoms with van der Waals surface area (Å²) < 4.78 is 8.13. The van der Waals surface area contributed by atoms with Crippen molar-refractivity contribution in [3.05, 3.63) is 41.9 Å². The molecule has 0 atom stereocenters. The molecule has 0 amide bonds. The summed E-state index contributed by atoms with van der Waals surface area (Å²) in [6.07, 6.45) is 9.98. The minimum Gasteiger partial charge on any atom is -0.493 e. The van der Waals surface area contributed by atoms with E-state index < -0.39 is 0 Å². The topological polar surface area (TPSA) is 63.7 Å². The molecule has 30 heavy (non-hydrogen) atoms. The minimum atomic E-state index is 0. The number of fused-ring (bicyclic) bond motifs is 1. The SMILES string of the molecule is CCn1ccc2c(-c3ccc(OCCC4CCCCC4)c(C)c3)nc(C#N)nc21.Cl. The Hall–Kier alpha value is -2.58. The Kier molecular flexibility index (Phi) is 7.33. The molecule has 6 heteroatoms. The van der Waals surface area contributed by atoms with Gasteiger partial charge in [0, 0.05) is 23.7 Å². The average molecular weight is 425 g/mol. The monoisotopic (exact) mass is 424 g/mol. The lowest BCUT2D eigenvalue weighted by molar-refractivity contribution is 0.245. The number of halogens is 1. The van der Waals surface area contributed by atoms with E-state index in [1.165, 1.54) is 32.1 Å². The molecule has 3 aromatic rings. The van der Waals surface area contributed by atoms with E-state index in [-0.39, 0.29) is 18.2 Å². The number of aryl methyl sites for hydroxylation is 2. The first-order valence-electron chi connectivity index (χ1n) is 10.7. The smallest absolute Gasteiger partial charge is 0.234 e. The van der Waals surface area contributed by atoms with E-state index >= 15 is 0 Å². The Labute approximate surface area is 184 Å². The number of ether oxygens (including phenoxy) is 1. The quantitative estimate of drug-likeness (QED) is 0.481. The fourth-order valence-corrected chi connectivity index (χ4v) is 4.36. The van der Waals surface area contributed by atoms with E-state index in [0.717, 1.165) is 59.1 Å². The Balaban J connectivity index is 0.00000256. The van der Waals surface area contributed by atoms with Crippen LogP contribution in [0.4, 0.5) is 0 Å². The van der Waals surface area contributed by atoms with Gasteiger partial charge in [0.2, 0.25) is 5.82 Å². The molecule has 4 rings (SSSR count). The highest BCUT2D eigenvalue weighted by atomic mass is 35.5. The number of nitriles is 1. The van der Waals surface area contributed by atoms with Crippen LogP contribution in [0.2, 0.25) is 0 Å². The zero-order valence-corrected chi connectivity index (χ0v) is 18.5. The number of benzene rings is 1. The van der Waals surface area contributed by atoms with E-state index in [1.807, 2.05) is 29.0 Å². The number of nitrogens with zero attached hydrogens (tertiary/aromatic N) is 4. The van der Waals surface area contributed by atoms with Crippen LogP contribution in [0.3, 0.4) is 0 Å². The van der Waals surface area contributed by atoms with Crippen molar-refractivity contribution in [3.8, 4) is 23.1 Å². The molecule has 2 aromatic heterocycles. The summed E-state index contributed by atoms with van der Waals surface area (Å²) in [6, 6.07) is 10.3. The summed E-state index contributed by atoms with van der Waals surface area (Å²) in [4.78, 5) is 8.91. The van der Waals surface area contributed by atoms with Crippen molar-refractivity contribution in [1.29, 1.82) is 5.26 Å². The third-order valence-electron chi connectivity index (χ3n) is 6.02. The fourth-order valence-electron chi connectivity index (χ4n) is 4.36. The highest BCUT2D eigenvalue weighted by Crippen LogP contribution is 2.31. The Bertz CT molecular complexity index is 1050. The molecule has 0 bridgehead atoms. The van der Waals surface area contributed by atoms with Gasteiger partial charge in [0.1, 0.15) is 17.5 Å². The van der Waals surface area contributed by atoms with Crippen LogP contribution in [-0.2, 0) is 6.54 Å². The lowest BCUT2D eigenvalue weighted by atomic mass is 9.87. The molecule has 0 aliphatic heterocycles. The lowest BCUT2D eigenvalue weighted by Crippen LogP contribution is -2.11. The van der Waals surface area contributed by atoms with Gasteiger partial charge in [-0.2, -0.15) is 5.26 Å². The molecule has 1 aliphatic carbocycles. The van der Waals surface area contributed by atoms with Gasteiger partial charge < -0.3 is 9.30 Å². The predicted molar refractivity (Wildman–Crippen MR) is 122 cm³/mol. The number of rotatable bonds is 6. The van der Waals surface area contributed by atoms with Crippen LogP contribution in [0.15, 0.2) is 30.5 Å². The second kappa shape index (κ2) is 9.95. The molecule has 0 radical (unpaired) electrons. The average Bonchev–Trinajstić information content (AvgIpc) is 3.18. The van der Waals surface area contributed by atoms with Crippen LogP contribution in [0.5, 0.6) is 5.75 Å². The van der Waals surface area contributed by atoms with Gasteiger partial charge in [0.05, 0.1) is 12.3 Å². The van der Waals surface area contributed by atoms with Gasteiger partial charge in [-0.3, -0.25) is 0 Å². The molecule has 2 heterocycles. The Morgan fingerprint density at radius 3 is 2.67 bits per heavy atom. The molecule has 158 valence electrons. The van der Waals surface area contributed by atoms with Gasteiger partial charge in [0.15, 0.2) is 0 Å². The van der Waals surface area contributed by atoms with Crippen molar-refractivity contribution in [2.45, 2.75) is 58.9 Å². The molecule has 1 saturated carbocycles. The van der Waals surface area contributed by atoms with Crippen molar-refractivity contribution in [1.82, 2.24) is 14.5 Å². The highest BCUT2D eigenvalue weighted by Gasteiger charge is 2.15. The van der Waals surface area contributed by atoms with Crippen LogP contribution in [0.1, 0.15) is 56.8 Å². The second-order valence-electron chi connectivity index (χ2n) is 7.97. The molecule has 1 fully saturated rings. The van der Waals surface area contributed by atoms with E-state index in [2.05, 4.69) is 36.0 Å². The summed E-state index contributed by atoms with van der Waals surface area (Å²) >= 11 is 0. The first-order valence-corrected chi connectivity index (χ1v) is 10.7. The second-order valence-corrected chi connectivity index (χ2v) is 7.97. The maximum absolute atomic E-state index is 9.37. The van der Waals surface area contributed by atoms with E-state index in [4.69, 9.17) is 4.74 Å². The van der Waals surface area contributed by atoms with E-state index in [9.17, 15) is 5.26 Å². The molecule has 5 nitrogen and oxygen atoms in total. The fraction of sp³-hybridized carbons (Fsp3) is 0.458. The molecular formula is C24H29ClN4O. The summed E-state index contributed by atoms with van der Waals surface area (Å²) in [6.45, 7) is 5.72. The van der Waals surface area contributed by atoms with Gasteiger partial charge in [-0.15, -0.1) is 12.4 Å². The molecule has 0 N–H and O–H groups in total. The van der Waals surface area contributed by atoms with Crippen LogP contribution < -0.4 is 4.74 Å². The lowest BCUT2D eigenvalue weighted by Gasteiger charge is -2.21. The van der Waals surface area contributed by atoms with Crippen LogP contribution in [-0.4, -0.2) is 21.1 Å². The normalized spacial score (nSPS) is 14.3. The predicted octanol–water partition coefficient (Wildman–Crippen LogP) is 6.07. The summed E-state index contributed by atoms with van der Waals surface area (Å²) in [5.74, 6) is 1.96. The van der Waals surface area contributed by atoms with E-state index in [1.54, 1.807) is 0 Å². The van der Waals surface area contributed by atoms with Crippen molar-refractivity contribution < 1.29 is 4.74 Å². The van der Waals surface area contributed by atoms with E-state index in [0.29, 0.717) is 0 Å². The van der Waals surface area contributed by atoms with Crippen LogP contribution >= 0.6 is 12.4 Å². The standard InChI is InChI=1S/C24H28N4O.ClH/c1-3-28-13-11-20-23(26-22(16-25)27-24(20)28)19-9-10-21(17(2)15-19)29-14-12-18-7-5-4-6-8-18;/h9-11,13,15,18H,3-8,12,14H2,1-2H3;1H. The summed E-state index contributed by atoms with van der Waals surface area (Å²) in [5.41, 5.74) is 3.68. The molecule has 0 unspecified atom stereocenters. The van der Waals surface area contributed by atoms with Gasteiger partial charge in [-0.05, 0) is 56.0 Å². The van der Waals surface area contributed by atoms with Crippen LogP contribution in [0.25, 0.3) is 22.3 Å². The van der Waals surface area contributed by atoms with Crippen molar-refractivity contribution in [2.24, 2.45) is 5.92 Å². The minimum absolute atomic E-state index is 0. The highest BCUT2D eigenvalue weighted by molar-refractivity contribution is 5.91. The maximum atomic E-state index is 9.37. The van der Waals surface area contributed by atoms with Gasteiger partial charge in [-0.1, -0.05) is 32.1 Å².